The van der Waals surface area contributed by atoms with Gasteiger partial charge in [-0.25, -0.2) is 5.84 Å². The average Bonchev–Trinajstić information content (AvgIpc) is 2.30. The topological polar surface area (TPSA) is 71.7 Å². The Morgan fingerprint density at radius 2 is 2.17 bits per heavy atom. The summed E-state index contributed by atoms with van der Waals surface area (Å²) in [4.78, 5) is 4.05. The number of hydrazine groups is 1. The molecule has 0 unspecified atom stereocenters. The van der Waals surface area contributed by atoms with Crippen molar-refractivity contribution in [2.75, 3.05) is 32.1 Å². The van der Waals surface area contributed by atoms with E-state index in [9.17, 15) is 13.2 Å². The van der Waals surface area contributed by atoms with Gasteiger partial charge in [-0.15, -0.1) is 0 Å². The number of thioether (sulfide) groups is 1. The molecule has 0 amide bonds. The van der Waals surface area contributed by atoms with Crippen molar-refractivity contribution in [2.24, 2.45) is 10.8 Å². The summed E-state index contributed by atoms with van der Waals surface area (Å²) in [6.07, 6.45) is 0.734. The van der Waals surface area contributed by atoms with Crippen LogP contribution in [0.25, 0.3) is 0 Å². The summed E-state index contributed by atoms with van der Waals surface area (Å²) in [6.45, 7) is 3.79. The zero-order valence-corrected chi connectivity index (χ0v) is 11.0. The number of hydrogen-bond donors (Lipinski definition) is 3. The molecule has 0 aromatic rings. The van der Waals surface area contributed by atoms with Crippen molar-refractivity contribution in [3.63, 3.8) is 0 Å². The van der Waals surface area contributed by atoms with Crippen molar-refractivity contribution < 1.29 is 17.9 Å². The van der Waals surface area contributed by atoms with Crippen LogP contribution in [0.1, 0.15) is 13.3 Å². The molecule has 0 aliphatic heterocycles. The van der Waals surface area contributed by atoms with E-state index in [1.165, 1.54) is 0 Å². The molecule has 0 radical (unpaired) electrons. The third-order valence-electron chi connectivity index (χ3n) is 1.72. The lowest BCUT2D eigenvalue weighted by Gasteiger charge is -2.10. The predicted molar refractivity (Wildman–Crippen MR) is 67.3 cm³/mol. The van der Waals surface area contributed by atoms with Gasteiger partial charge < -0.3 is 10.1 Å². The van der Waals surface area contributed by atoms with Crippen LogP contribution in [-0.2, 0) is 4.74 Å². The number of aliphatic imine (C=N–C) groups is 1. The van der Waals surface area contributed by atoms with Gasteiger partial charge in [-0.2, -0.15) is 13.2 Å². The minimum Gasteiger partial charge on any atom is -0.382 e. The fourth-order valence-corrected chi connectivity index (χ4v) is 1.43. The lowest BCUT2D eigenvalue weighted by molar-refractivity contribution is -0.0327. The van der Waals surface area contributed by atoms with Gasteiger partial charge in [-0.05, 0) is 25.1 Å². The molecule has 108 valence electrons. The molecular weight excluding hydrogens is 269 g/mol. The van der Waals surface area contributed by atoms with E-state index in [0.29, 0.717) is 19.8 Å². The van der Waals surface area contributed by atoms with Crippen LogP contribution in [0.5, 0.6) is 0 Å². The van der Waals surface area contributed by atoms with E-state index in [1.807, 2.05) is 6.92 Å². The smallest absolute Gasteiger partial charge is 0.382 e. The zero-order chi connectivity index (χ0) is 13.9. The van der Waals surface area contributed by atoms with Crippen LogP contribution in [0, 0.1) is 0 Å². The number of alkyl halides is 3. The fourth-order valence-electron chi connectivity index (χ4n) is 0.991. The molecule has 0 saturated carbocycles. The van der Waals surface area contributed by atoms with E-state index in [-0.39, 0.29) is 30.0 Å². The molecule has 9 heteroatoms. The van der Waals surface area contributed by atoms with E-state index in [1.54, 1.807) is 0 Å². The molecule has 0 fully saturated rings. The summed E-state index contributed by atoms with van der Waals surface area (Å²) < 4.78 is 40.6. The molecule has 0 aromatic carbocycles. The fraction of sp³-hybridized carbons (Fsp3) is 0.889. The lowest BCUT2D eigenvalue weighted by atomic mass is 10.4. The first kappa shape index (κ1) is 17.3. The third-order valence-corrected chi connectivity index (χ3v) is 2.45. The predicted octanol–water partition coefficient (Wildman–Crippen LogP) is 1.07. The average molecular weight is 288 g/mol. The van der Waals surface area contributed by atoms with E-state index in [2.05, 4.69) is 15.7 Å². The number of nitrogens with zero attached hydrogens (tertiary/aromatic N) is 1. The minimum atomic E-state index is -4.20. The standard InChI is InChI=1S/C9H19F3N4OS/c1-2-17-6-3-4-14-8(16-13)15-5-7-18-9(10,11)12/h2-7,13H2,1H3,(H2,14,15,16). The molecular formula is C9H19F3N4OS. The number of hydrogen-bond acceptors (Lipinski definition) is 4. The monoisotopic (exact) mass is 288 g/mol. The molecule has 0 bridgehead atoms. The number of halogens is 3. The van der Waals surface area contributed by atoms with Gasteiger partial charge >= 0.3 is 5.51 Å². The Labute approximate surface area is 109 Å². The van der Waals surface area contributed by atoms with E-state index in [0.717, 1.165) is 6.42 Å². The maximum absolute atomic E-state index is 11.8. The van der Waals surface area contributed by atoms with Crippen LogP contribution >= 0.6 is 11.8 Å². The molecule has 0 heterocycles. The van der Waals surface area contributed by atoms with Crippen LogP contribution in [0.15, 0.2) is 4.99 Å². The number of rotatable bonds is 8. The summed E-state index contributed by atoms with van der Waals surface area (Å²) in [7, 11) is 0. The van der Waals surface area contributed by atoms with Crippen molar-refractivity contribution in [1.82, 2.24) is 10.7 Å². The van der Waals surface area contributed by atoms with E-state index in [4.69, 9.17) is 10.6 Å². The highest BCUT2D eigenvalue weighted by atomic mass is 32.2. The van der Waals surface area contributed by atoms with Gasteiger partial charge in [-0.1, -0.05) is 0 Å². The van der Waals surface area contributed by atoms with Gasteiger partial charge in [0.25, 0.3) is 0 Å². The molecule has 0 rings (SSSR count). The van der Waals surface area contributed by atoms with Crippen molar-refractivity contribution in [3.8, 4) is 0 Å². The van der Waals surface area contributed by atoms with Crippen molar-refractivity contribution in [1.29, 1.82) is 0 Å². The maximum Gasteiger partial charge on any atom is 0.441 e. The first-order valence-corrected chi connectivity index (χ1v) is 6.51. The van der Waals surface area contributed by atoms with Gasteiger partial charge in [0.05, 0.1) is 0 Å². The molecule has 4 N–H and O–H groups in total. The number of nitrogens with one attached hydrogen (secondary N) is 2. The maximum atomic E-state index is 11.8. The molecule has 18 heavy (non-hydrogen) atoms. The normalized spacial score (nSPS) is 12.6. The summed E-state index contributed by atoms with van der Waals surface area (Å²) in [5, 5.41) is 2.69. The Balaban J connectivity index is 3.65. The first-order chi connectivity index (χ1) is 8.49. The zero-order valence-electron chi connectivity index (χ0n) is 10.2. The van der Waals surface area contributed by atoms with Crippen LogP contribution in [0.4, 0.5) is 13.2 Å². The Bertz CT molecular complexity index is 238. The van der Waals surface area contributed by atoms with Gasteiger partial charge in [-0.3, -0.25) is 10.4 Å². The van der Waals surface area contributed by atoms with Crippen LogP contribution < -0.4 is 16.6 Å². The molecule has 0 saturated heterocycles. The summed E-state index contributed by atoms with van der Waals surface area (Å²) in [5.41, 5.74) is -1.90. The SMILES string of the molecule is CCOCCCN=C(NN)NCCSC(F)(F)F. The molecule has 5 nitrogen and oxygen atoms in total. The van der Waals surface area contributed by atoms with Gasteiger partial charge in [0, 0.05) is 32.1 Å². The molecule has 0 atom stereocenters. The van der Waals surface area contributed by atoms with Gasteiger partial charge in [0.1, 0.15) is 0 Å². The largest absolute Gasteiger partial charge is 0.441 e. The quantitative estimate of drug-likeness (QED) is 0.205. The Hall–Kier alpha value is -0.670. The second kappa shape index (κ2) is 10.3. The number of nitrogens with two attached hydrogens (primary N) is 1. The summed E-state index contributed by atoms with van der Waals surface area (Å²) in [6, 6.07) is 0. The first-order valence-electron chi connectivity index (χ1n) is 5.53. The highest BCUT2D eigenvalue weighted by molar-refractivity contribution is 8.00. The van der Waals surface area contributed by atoms with Gasteiger partial charge in [0.2, 0.25) is 5.96 Å². The molecule has 0 spiro atoms. The third kappa shape index (κ3) is 11.8. The second-order valence-corrected chi connectivity index (χ2v) is 4.31. The molecule has 0 aromatic heterocycles. The summed E-state index contributed by atoms with van der Waals surface area (Å²) in [5.74, 6) is 5.37. The van der Waals surface area contributed by atoms with Crippen molar-refractivity contribution in [2.45, 2.75) is 18.9 Å². The highest BCUT2D eigenvalue weighted by Crippen LogP contribution is 2.29. The molecule has 0 aliphatic rings. The van der Waals surface area contributed by atoms with Crippen molar-refractivity contribution >= 4 is 17.7 Å². The summed E-state index contributed by atoms with van der Waals surface area (Å²) >= 11 is -0.0851. The Kier molecular flexibility index (Phi) is 9.89. The Morgan fingerprint density at radius 3 is 2.72 bits per heavy atom. The van der Waals surface area contributed by atoms with E-state index >= 15 is 0 Å². The lowest BCUT2D eigenvalue weighted by Crippen LogP contribution is -2.42. The second-order valence-electron chi connectivity index (χ2n) is 3.15. The van der Waals surface area contributed by atoms with Crippen LogP contribution in [-0.4, -0.2) is 43.5 Å². The Morgan fingerprint density at radius 1 is 1.44 bits per heavy atom. The van der Waals surface area contributed by atoms with E-state index < -0.39 is 5.51 Å². The van der Waals surface area contributed by atoms with Crippen molar-refractivity contribution in [3.05, 3.63) is 0 Å². The molecule has 0 aliphatic carbocycles. The van der Waals surface area contributed by atoms with Crippen LogP contribution in [0.3, 0.4) is 0 Å². The number of guanidine groups is 1. The number of ether oxygens (including phenoxy) is 1. The highest BCUT2D eigenvalue weighted by Gasteiger charge is 2.27. The van der Waals surface area contributed by atoms with Gasteiger partial charge in [0.15, 0.2) is 0 Å². The van der Waals surface area contributed by atoms with Crippen LogP contribution in [0.2, 0.25) is 0 Å². The minimum absolute atomic E-state index is 0.0851.